The first-order valence-corrected chi connectivity index (χ1v) is 11.1. The Labute approximate surface area is 173 Å². The predicted molar refractivity (Wildman–Crippen MR) is 117 cm³/mol. The van der Waals surface area contributed by atoms with Gasteiger partial charge in [-0.1, -0.05) is 31.4 Å². The molecule has 0 radical (unpaired) electrons. The van der Waals surface area contributed by atoms with Crippen molar-refractivity contribution >= 4 is 39.7 Å². The number of hydrogen-bond donors (Lipinski definition) is 0. The molecule has 1 aromatic heterocycles. The maximum absolute atomic E-state index is 13.2. The highest BCUT2D eigenvalue weighted by atomic mass is 35.5. The van der Waals surface area contributed by atoms with Crippen molar-refractivity contribution in [1.82, 2.24) is 9.80 Å². The fourth-order valence-electron chi connectivity index (χ4n) is 4.90. The van der Waals surface area contributed by atoms with Crippen LogP contribution in [0.2, 0.25) is 0 Å². The highest BCUT2D eigenvalue weighted by Gasteiger charge is 2.34. The number of carbonyl (C=O) groups excluding carboxylic acids is 1. The Kier molecular flexibility index (Phi) is 7.18. The predicted octanol–water partition coefficient (Wildman–Crippen LogP) is 5.12. The number of likely N-dealkylation sites (N-methyl/N-ethyl adjacent to an activating group) is 1. The lowest BCUT2D eigenvalue weighted by Crippen LogP contribution is -2.51. The van der Waals surface area contributed by atoms with E-state index in [9.17, 15) is 4.79 Å². The number of benzene rings is 1. The van der Waals surface area contributed by atoms with E-state index >= 15 is 0 Å². The third-order valence-corrected chi connectivity index (χ3v) is 7.25. The smallest absolute Gasteiger partial charge is 0.227 e. The van der Waals surface area contributed by atoms with Gasteiger partial charge in [0.25, 0.3) is 0 Å². The maximum atomic E-state index is 13.2. The Hall–Kier alpha value is -1.10. The molecule has 1 saturated carbocycles. The molecule has 2 heterocycles. The van der Waals surface area contributed by atoms with Gasteiger partial charge in [0.1, 0.15) is 0 Å². The number of hydrogen-bond acceptors (Lipinski definition) is 3. The van der Waals surface area contributed by atoms with Crippen molar-refractivity contribution in [3.63, 3.8) is 0 Å². The van der Waals surface area contributed by atoms with Crippen LogP contribution in [0.25, 0.3) is 10.1 Å². The number of fused-ring (bicyclic) bond motifs is 1. The summed E-state index contributed by atoms with van der Waals surface area (Å²) in [5.74, 6) is 0.278. The fourth-order valence-corrected chi connectivity index (χ4v) is 5.74. The second-order valence-corrected chi connectivity index (χ2v) is 8.89. The summed E-state index contributed by atoms with van der Waals surface area (Å²) in [5, 5.41) is 3.37. The molecule has 1 saturated heterocycles. The number of nitrogens with zero attached hydrogens (tertiary/aromatic N) is 2. The Balaban J connectivity index is 0.00000210. The van der Waals surface area contributed by atoms with Crippen molar-refractivity contribution in [1.29, 1.82) is 0 Å². The molecule has 1 aliphatic carbocycles. The van der Waals surface area contributed by atoms with Crippen LogP contribution >= 0.6 is 23.7 Å². The largest absolute Gasteiger partial charge is 0.341 e. The van der Waals surface area contributed by atoms with Gasteiger partial charge in [0.2, 0.25) is 5.91 Å². The highest BCUT2D eigenvalue weighted by Crippen LogP contribution is 2.29. The second kappa shape index (κ2) is 9.40. The minimum Gasteiger partial charge on any atom is -0.341 e. The molecule has 0 unspecified atom stereocenters. The first-order chi connectivity index (χ1) is 12.7. The average molecular weight is 407 g/mol. The van der Waals surface area contributed by atoms with Crippen molar-refractivity contribution in [3.05, 3.63) is 35.2 Å². The van der Waals surface area contributed by atoms with Crippen molar-refractivity contribution in [3.8, 4) is 0 Å². The van der Waals surface area contributed by atoms with Gasteiger partial charge >= 0.3 is 0 Å². The molecule has 0 N–H and O–H groups in total. The van der Waals surface area contributed by atoms with Gasteiger partial charge in [-0.05, 0) is 67.2 Å². The molecule has 2 atom stereocenters. The molecule has 1 aromatic carbocycles. The molecule has 27 heavy (non-hydrogen) atoms. The van der Waals surface area contributed by atoms with Crippen LogP contribution in [0.15, 0.2) is 29.6 Å². The lowest BCUT2D eigenvalue weighted by atomic mass is 9.99. The average Bonchev–Trinajstić information content (AvgIpc) is 3.29. The highest BCUT2D eigenvalue weighted by molar-refractivity contribution is 7.17. The minimum absolute atomic E-state index is 0. The molecule has 5 heteroatoms. The molecule has 2 aromatic rings. The lowest BCUT2D eigenvalue weighted by Gasteiger charge is -2.39. The van der Waals surface area contributed by atoms with Gasteiger partial charge in [-0.15, -0.1) is 23.7 Å². The summed E-state index contributed by atoms with van der Waals surface area (Å²) < 4.78 is 1.28. The van der Waals surface area contributed by atoms with Gasteiger partial charge in [-0.2, -0.15) is 0 Å². The number of thiophene rings is 1. The molecular weight excluding hydrogens is 376 g/mol. The topological polar surface area (TPSA) is 23.6 Å². The van der Waals surface area contributed by atoms with Gasteiger partial charge in [0, 0.05) is 23.8 Å². The van der Waals surface area contributed by atoms with E-state index in [2.05, 4.69) is 46.5 Å². The maximum Gasteiger partial charge on any atom is 0.227 e. The van der Waals surface area contributed by atoms with E-state index in [0.29, 0.717) is 18.5 Å². The molecule has 148 valence electrons. The standard InChI is InChI=1S/C22H30N2OS.ClH/c1-23(19-9-3-2-4-10-20(19)24-13-5-6-14-24)22(25)16-17-8-7-11-21-18(17)12-15-26-21;/h7-8,11-12,15,19-20H,2-6,9-10,13-14,16H2,1H3;1H/t19-,20-;/m1./s1. The Morgan fingerprint density at radius 2 is 1.89 bits per heavy atom. The van der Waals surface area contributed by atoms with Crippen LogP contribution in [0.3, 0.4) is 0 Å². The fraction of sp³-hybridized carbons (Fsp3) is 0.591. The Bertz CT molecular complexity index is 756. The first-order valence-electron chi connectivity index (χ1n) is 10.2. The summed E-state index contributed by atoms with van der Waals surface area (Å²) in [5.41, 5.74) is 1.17. The molecule has 2 fully saturated rings. The third kappa shape index (κ3) is 4.49. The van der Waals surface area contributed by atoms with Crippen LogP contribution in [0.1, 0.15) is 50.5 Å². The summed E-state index contributed by atoms with van der Waals surface area (Å²) in [6.45, 7) is 2.44. The van der Waals surface area contributed by atoms with Gasteiger partial charge in [-0.3, -0.25) is 9.69 Å². The number of carbonyl (C=O) groups is 1. The van der Waals surface area contributed by atoms with E-state index in [-0.39, 0.29) is 18.3 Å². The summed E-state index contributed by atoms with van der Waals surface area (Å²) >= 11 is 1.75. The molecule has 1 amide bonds. The lowest BCUT2D eigenvalue weighted by molar-refractivity contribution is -0.132. The van der Waals surface area contributed by atoms with E-state index in [0.717, 1.165) is 6.42 Å². The van der Waals surface area contributed by atoms with Crippen molar-refractivity contribution in [2.45, 2.75) is 63.5 Å². The normalized spacial score (nSPS) is 23.7. The van der Waals surface area contributed by atoms with Gasteiger partial charge < -0.3 is 4.90 Å². The monoisotopic (exact) mass is 406 g/mol. The summed E-state index contributed by atoms with van der Waals surface area (Å²) in [7, 11) is 2.05. The van der Waals surface area contributed by atoms with Crippen LogP contribution in [0, 0.1) is 0 Å². The molecule has 1 aliphatic heterocycles. The quantitative estimate of drug-likeness (QED) is 0.658. The van der Waals surface area contributed by atoms with E-state index in [1.54, 1.807) is 11.3 Å². The minimum atomic E-state index is 0. The third-order valence-electron chi connectivity index (χ3n) is 6.37. The van der Waals surface area contributed by atoms with E-state index in [1.807, 2.05) is 0 Å². The zero-order chi connectivity index (χ0) is 17.9. The van der Waals surface area contributed by atoms with Crippen molar-refractivity contribution in [2.24, 2.45) is 0 Å². The Morgan fingerprint density at radius 1 is 1.11 bits per heavy atom. The van der Waals surface area contributed by atoms with Crippen LogP contribution in [0.5, 0.6) is 0 Å². The number of rotatable bonds is 4. The Morgan fingerprint density at radius 3 is 2.70 bits per heavy atom. The van der Waals surface area contributed by atoms with E-state index < -0.39 is 0 Å². The van der Waals surface area contributed by atoms with E-state index in [4.69, 9.17) is 0 Å². The van der Waals surface area contributed by atoms with Crippen molar-refractivity contribution in [2.75, 3.05) is 20.1 Å². The van der Waals surface area contributed by atoms with Crippen LogP contribution in [0.4, 0.5) is 0 Å². The SMILES string of the molecule is CN(C(=O)Cc1cccc2sccc12)[C@@H]1CCCCC[C@H]1N1CCCC1.Cl. The second-order valence-electron chi connectivity index (χ2n) is 7.95. The first kappa shape index (κ1) is 20.6. The van der Waals surface area contributed by atoms with Crippen LogP contribution in [-0.4, -0.2) is 47.9 Å². The molecule has 0 spiro atoms. The number of likely N-dealkylation sites (tertiary alicyclic amines) is 1. The molecule has 3 nitrogen and oxygen atoms in total. The molecule has 4 rings (SSSR count). The summed E-state index contributed by atoms with van der Waals surface area (Å²) in [6, 6.07) is 9.44. The number of halogens is 1. The molecule has 2 aliphatic rings. The molecular formula is C22H31ClN2OS. The summed E-state index contributed by atoms with van der Waals surface area (Å²) in [4.78, 5) is 17.9. The van der Waals surface area contributed by atoms with Crippen LogP contribution in [-0.2, 0) is 11.2 Å². The van der Waals surface area contributed by atoms with E-state index in [1.165, 1.54) is 67.3 Å². The van der Waals surface area contributed by atoms with Gasteiger partial charge in [0.15, 0.2) is 0 Å². The van der Waals surface area contributed by atoms with Crippen LogP contribution < -0.4 is 0 Å². The van der Waals surface area contributed by atoms with Gasteiger partial charge in [-0.25, -0.2) is 0 Å². The zero-order valence-corrected chi connectivity index (χ0v) is 17.9. The molecule has 0 bridgehead atoms. The van der Waals surface area contributed by atoms with Crippen molar-refractivity contribution < 1.29 is 4.79 Å². The number of amides is 1. The zero-order valence-electron chi connectivity index (χ0n) is 16.2. The summed E-state index contributed by atoms with van der Waals surface area (Å²) in [6.07, 6.45) is 9.46. The van der Waals surface area contributed by atoms with Gasteiger partial charge in [0.05, 0.1) is 6.42 Å².